The van der Waals surface area contributed by atoms with Crippen LogP contribution in [0.15, 0.2) is 36.4 Å². The molecule has 0 heterocycles. The molecule has 0 aliphatic rings. The lowest BCUT2D eigenvalue weighted by atomic mass is 10.1. The number of aromatic hydroxyl groups is 1. The molecule has 110 valence electrons. The molecule has 0 atom stereocenters. The van der Waals surface area contributed by atoms with Gasteiger partial charge in [-0.1, -0.05) is 12.1 Å². The van der Waals surface area contributed by atoms with Crippen molar-refractivity contribution < 1.29 is 23.8 Å². The van der Waals surface area contributed by atoms with Gasteiger partial charge < -0.3 is 15.5 Å². The molecule has 0 unspecified atom stereocenters. The maximum atomic E-state index is 13.5. The van der Waals surface area contributed by atoms with Crippen LogP contribution in [-0.2, 0) is 6.42 Å². The number of halogens is 2. The number of rotatable bonds is 4. The Balaban J connectivity index is 2.18. The lowest BCUT2D eigenvalue weighted by Crippen LogP contribution is -2.14. The SMILES string of the molecule is O=C(Nc1ccc(CCO)cc1)c1c(O)cc(F)cc1F. The third-order valence-corrected chi connectivity index (χ3v) is 2.87. The fourth-order valence-corrected chi connectivity index (χ4v) is 1.86. The molecule has 2 aromatic rings. The summed E-state index contributed by atoms with van der Waals surface area (Å²) in [5, 5.41) is 20.7. The Labute approximate surface area is 119 Å². The van der Waals surface area contributed by atoms with Crippen LogP contribution in [0, 0.1) is 11.6 Å². The molecule has 4 nitrogen and oxygen atoms in total. The smallest absolute Gasteiger partial charge is 0.262 e. The minimum atomic E-state index is -1.14. The Morgan fingerprint density at radius 2 is 1.81 bits per heavy atom. The minimum absolute atomic E-state index is 0.0143. The van der Waals surface area contributed by atoms with E-state index in [-0.39, 0.29) is 6.61 Å². The topological polar surface area (TPSA) is 69.6 Å². The van der Waals surface area contributed by atoms with Crippen LogP contribution < -0.4 is 5.32 Å². The van der Waals surface area contributed by atoms with Crippen LogP contribution in [0.1, 0.15) is 15.9 Å². The Kier molecular flexibility index (Phi) is 4.49. The predicted octanol–water partition coefficient (Wildman–Crippen LogP) is 2.46. The summed E-state index contributed by atoms with van der Waals surface area (Å²) >= 11 is 0. The molecule has 3 N–H and O–H groups in total. The van der Waals surface area contributed by atoms with Gasteiger partial charge in [-0.05, 0) is 24.1 Å². The van der Waals surface area contributed by atoms with Crippen molar-refractivity contribution >= 4 is 11.6 Å². The van der Waals surface area contributed by atoms with Gasteiger partial charge in [0.1, 0.15) is 22.9 Å². The molecular formula is C15H13F2NO3. The number of phenolic OH excluding ortho intramolecular Hbond substituents is 1. The Morgan fingerprint density at radius 1 is 1.14 bits per heavy atom. The highest BCUT2D eigenvalue weighted by Crippen LogP contribution is 2.23. The number of nitrogens with one attached hydrogen (secondary N) is 1. The number of benzene rings is 2. The van der Waals surface area contributed by atoms with Gasteiger partial charge in [0.25, 0.3) is 5.91 Å². The van der Waals surface area contributed by atoms with Crippen LogP contribution in [0.3, 0.4) is 0 Å². The largest absolute Gasteiger partial charge is 0.507 e. The van der Waals surface area contributed by atoms with Gasteiger partial charge in [0.05, 0.1) is 0 Å². The Morgan fingerprint density at radius 3 is 2.38 bits per heavy atom. The number of carbonyl (C=O) groups is 1. The summed E-state index contributed by atoms with van der Waals surface area (Å²) in [6.07, 6.45) is 0.488. The lowest BCUT2D eigenvalue weighted by molar-refractivity contribution is 0.102. The van der Waals surface area contributed by atoms with Crippen molar-refractivity contribution in [2.24, 2.45) is 0 Å². The Bertz CT molecular complexity index is 633. The van der Waals surface area contributed by atoms with Gasteiger partial charge in [-0.2, -0.15) is 0 Å². The van der Waals surface area contributed by atoms with Gasteiger partial charge in [0.15, 0.2) is 0 Å². The lowest BCUT2D eigenvalue weighted by Gasteiger charge is -2.08. The van der Waals surface area contributed by atoms with Crippen molar-refractivity contribution in [1.82, 2.24) is 0 Å². The van der Waals surface area contributed by atoms with Crippen molar-refractivity contribution in [2.75, 3.05) is 11.9 Å². The summed E-state index contributed by atoms with van der Waals surface area (Å²) in [7, 11) is 0. The van der Waals surface area contributed by atoms with E-state index in [1.165, 1.54) is 0 Å². The highest BCUT2D eigenvalue weighted by Gasteiger charge is 2.18. The zero-order valence-corrected chi connectivity index (χ0v) is 10.9. The fourth-order valence-electron chi connectivity index (χ4n) is 1.86. The molecular weight excluding hydrogens is 280 g/mol. The number of phenols is 1. The van der Waals surface area contributed by atoms with E-state index < -0.39 is 28.9 Å². The second kappa shape index (κ2) is 6.32. The van der Waals surface area contributed by atoms with Crippen LogP contribution >= 0.6 is 0 Å². The van der Waals surface area contributed by atoms with Crippen LogP contribution in [0.25, 0.3) is 0 Å². The summed E-state index contributed by atoms with van der Waals surface area (Å²) in [5.74, 6) is -3.74. The van der Waals surface area contributed by atoms with E-state index in [0.29, 0.717) is 24.2 Å². The first-order valence-corrected chi connectivity index (χ1v) is 6.20. The van der Waals surface area contributed by atoms with Crippen LogP contribution in [0.4, 0.5) is 14.5 Å². The number of aliphatic hydroxyl groups excluding tert-OH is 1. The van der Waals surface area contributed by atoms with Crippen molar-refractivity contribution in [3.63, 3.8) is 0 Å². The summed E-state index contributed by atoms with van der Waals surface area (Å²) in [6, 6.07) is 7.77. The van der Waals surface area contributed by atoms with Crippen molar-refractivity contribution in [3.8, 4) is 5.75 Å². The zero-order chi connectivity index (χ0) is 15.4. The van der Waals surface area contributed by atoms with E-state index in [1.54, 1.807) is 24.3 Å². The molecule has 0 saturated carbocycles. The molecule has 0 radical (unpaired) electrons. The summed E-state index contributed by atoms with van der Waals surface area (Å²) in [5.41, 5.74) is 0.659. The fraction of sp³-hybridized carbons (Fsp3) is 0.133. The number of anilines is 1. The molecule has 6 heteroatoms. The second-order valence-electron chi connectivity index (χ2n) is 4.41. The predicted molar refractivity (Wildman–Crippen MR) is 73.2 cm³/mol. The highest BCUT2D eigenvalue weighted by atomic mass is 19.1. The quantitative estimate of drug-likeness (QED) is 0.811. The molecule has 2 aromatic carbocycles. The van der Waals surface area contributed by atoms with Gasteiger partial charge in [0.2, 0.25) is 0 Å². The van der Waals surface area contributed by atoms with Gasteiger partial charge in [-0.25, -0.2) is 8.78 Å². The summed E-state index contributed by atoms with van der Waals surface area (Å²) in [4.78, 5) is 11.9. The number of carbonyl (C=O) groups excluding carboxylic acids is 1. The van der Waals surface area contributed by atoms with Crippen molar-refractivity contribution in [1.29, 1.82) is 0 Å². The minimum Gasteiger partial charge on any atom is -0.507 e. The molecule has 0 aromatic heterocycles. The maximum Gasteiger partial charge on any atom is 0.262 e. The molecule has 0 bridgehead atoms. The average Bonchev–Trinajstić information content (AvgIpc) is 2.40. The standard InChI is InChI=1S/C15H13F2NO3/c16-10-7-12(17)14(13(20)8-10)15(21)18-11-3-1-9(2-4-11)5-6-19/h1-4,7-8,19-20H,5-6H2,(H,18,21). The molecule has 0 aliphatic heterocycles. The molecule has 1 amide bonds. The number of hydrogen-bond donors (Lipinski definition) is 3. The van der Waals surface area contributed by atoms with Crippen LogP contribution in [-0.4, -0.2) is 22.7 Å². The van der Waals surface area contributed by atoms with Gasteiger partial charge in [-0.15, -0.1) is 0 Å². The summed E-state index contributed by atoms with van der Waals surface area (Å²) < 4.78 is 26.4. The monoisotopic (exact) mass is 293 g/mol. The van der Waals surface area contributed by atoms with E-state index in [1.807, 2.05) is 0 Å². The van der Waals surface area contributed by atoms with Crippen LogP contribution in [0.5, 0.6) is 5.75 Å². The molecule has 21 heavy (non-hydrogen) atoms. The third-order valence-electron chi connectivity index (χ3n) is 2.87. The van der Waals surface area contributed by atoms with Gasteiger partial charge in [0, 0.05) is 24.4 Å². The Hall–Kier alpha value is -2.47. The third kappa shape index (κ3) is 3.55. The van der Waals surface area contributed by atoms with E-state index in [9.17, 15) is 18.7 Å². The first kappa shape index (κ1) is 14.9. The van der Waals surface area contributed by atoms with E-state index in [2.05, 4.69) is 5.32 Å². The molecule has 2 rings (SSSR count). The number of aliphatic hydroxyl groups is 1. The van der Waals surface area contributed by atoms with E-state index in [4.69, 9.17) is 5.11 Å². The van der Waals surface area contributed by atoms with Crippen LogP contribution in [0.2, 0.25) is 0 Å². The number of hydrogen-bond acceptors (Lipinski definition) is 3. The molecule has 0 spiro atoms. The maximum absolute atomic E-state index is 13.5. The number of amides is 1. The molecule has 0 aliphatic carbocycles. The first-order chi connectivity index (χ1) is 10.0. The molecule has 0 fully saturated rings. The second-order valence-corrected chi connectivity index (χ2v) is 4.41. The first-order valence-electron chi connectivity index (χ1n) is 6.20. The van der Waals surface area contributed by atoms with E-state index >= 15 is 0 Å². The van der Waals surface area contributed by atoms with E-state index in [0.717, 1.165) is 5.56 Å². The molecule has 0 saturated heterocycles. The highest BCUT2D eigenvalue weighted by molar-refractivity contribution is 6.06. The zero-order valence-electron chi connectivity index (χ0n) is 10.9. The summed E-state index contributed by atoms with van der Waals surface area (Å²) in [6.45, 7) is 0.0143. The normalized spacial score (nSPS) is 10.4. The average molecular weight is 293 g/mol. The van der Waals surface area contributed by atoms with Crippen molar-refractivity contribution in [3.05, 3.63) is 59.2 Å². The van der Waals surface area contributed by atoms with Crippen molar-refractivity contribution in [2.45, 2.75) is 6.42 Å². The van der Waals surface area contributed by atoms with Gasteiger partial charge in [-0.3, -0.25) is 4.79 Å². The van der Waals surface area contributed by atoms with Gasteiger partial charge >= 0.3 is 0 Å².